The molecular weight excluding hydrogens is 378 g/mol. The number of fused-ring (bicyclic) bond motifs is 1. The largest absolute Gasteiger partial charge is 0.308 e. The number of likely N-dealkylation sites (N-methyl/N-ethyl adjacent to an activating group) is 1. The molecule has 0 aliphatic carbocycles. The van der Waals surface area contributed by atoms with Gasteiger partial charge in [-0.15, -0.1) is 0 Å². The van der Waals surface area contributed by atoms with E-state index in [2.05, 4.69) is 35.9 Å². The Morgan fingerprint density at radius 1 is 1.07 bits per heavy atom. The molecule has 3 rings (SSSR count). The SMILES string of the molecule is Cc1ccc(CC(=O)N(CCN(C)C)c2nc3ccc(Cl)cc3s2)cc1C. The predicted octanol–water partition coefficient (Wildman–Crippen LogP) is 4.70. The Morgan fingerprint density at radius 2 is 1.85 bits per heavy atom. The summed E-state index contributed by atoms with van der Waals surface area (Å²) in [4.78, 5) is 21.7. The molecule has 3 aromatic rings. The standard InChI is InChI=1S/C21H24ClN3OS/c1-14-5-6-16(11-15(14)2)12-20(26)25(10-9-24(3)4)21-23-18-8-7-17(22)13-19(18)27-21/h5-8,11,13H,9-10,12H2,1-4H3. The van der Waals surface area contributed by atoms with Crippen molar-refractivity contribution in [2.24, 2.45) is 0 Å². The molecule has 0 unspecified atom stereocenters. The number of benzene rings is 2. The summed E-state index contributed by atoms with van der Waals surface area (Å²) in [5.74, 6) is 0.0604. The van der Waals surface area contributed by atoms with Crippen molar-refractivity contribution >= 4 is 44.2 Å². The van der Waals surface area contributed by atoms with Gasteiger partial charge < -0.3 is 4.90 Å². The molecule has 0 aliphatic heterocycles. The number of thiazole rings is 1. The van der Waals surface area contributed by atoms with Crippen LogP contribution < -0.4 is 4.90 Å². The molecule has 1 amide bonds. The molecular formula is C21H24ClN3OS. The lowest BCUT2D eigenvalue weighted by Gasteiger charge is -2.22. The molecule has 2 aromatic carbocycles. The number of carbonyl (C=O) groups is 1. The van der Waals surface area contributed by atoms with Crippen molar-refractivity contribution < 1.29 is 4.79 Å². The van der Waals surface area contributed by atoms with Gasteiger partial charge in [0.05, 0.1) is 16.6 Å². The van der Waals surface area contributed by atoms with E-state index in [1.807, 2.05) is 38.4 Å². The maximum atomic E-state index is 13.1. The summed E-state index contributed by atoms with van der Waals surface area (Å²) < 4.78 is 0.992. The highest BCUT2D eigenvalue weighted by Crippen LogP contribution is 2.31. The Kier molecular flexibility index (Phi) is 6.15. The molecule has 0 radical (unpaired) electrons. The van der Waals surface area contributed by atoms with Crippen molar-refractivity contribution in [3.05, 3.63) is 58.1 Å². The number of hydrogen-bond donors (Lipinski definition) is 0. The van der Waals surface area contributed by atoms with Crippen LogP contribution in [0.1, 0.15) is 16.7 Å². The van der Waals surface area contributed by atoms with E-state index in [-0.39, 0.29) is 5.91 Å². The second-order valence-electron chi connectivity index (χ2n) is 7.05. The number of nitrogens with zero attached hydrogens (tertiary/aromatic N) is 3. The second-order valence-corrected chi connectivity index (χ2v) is 8.50. The number of hydrogen-bond acceptors (Lipinski definition) is 4. The fourth-order valence-corrected chi connectivity index (χ4v) is 4.10. The quantitative estimate of drug-likeness (QED) is 0.600. The van der Waals surface area contributed by atoms with Crippen LogP contribution in [0.3, 0.4) is 0 Å². The van der Waals surface area contributed by atoms with Crippen LogP contribution in [0.4, 0.5) is 5.13 Å². The third-order valence-corrected chi connectivity index (χ3v) is 5.84. The minimum absolute atomic E-state index is 0.0604. The van der Waals surface area contributed by atoms with E-state index in [1.54, 1.807) is 4.90 Å². The first-order valence-electron chi connectivity index (χ1n) is 8.91. The molecule has 0 aliphatic rings. The number of carbonyl (C=O) groups excluding carboxylic acids is 1. The monoisotopic (exact) mass is 401 g/mol. The van der Waals surface area contributed by atoms with E-state index in [1.165, 1.54) is 22.5 Å². The van der Waals surface area contributed by atoms with Gasteiger partial charge in [0.2, 0.25) is 5.91 Å². The van der Waals surface area contributed by atoms with Crippen LogP contribution in [0.15, 0.2) is 36.4 Å². The molecule has 0 saturated heterocycles. The third kappa shape index (κ3) is 4.86. The van der Waals surface area contributed by atoms with Crippen molar-refractivity contribution in [2.45, 2.75) is 20.3 Å². The van der Waals surface area contributed by atoms with Crippen molar-refractivity contribution in [3.63, 3.8) is 0 Å². The smallest absolute Gasteiger partial charge is 0.233 e. The Morgan fingerprint density at radius 3 is 2.56 bits per heavy atom. The van der Waals surface area contributed by atoms with Gasteiger partial charge in [-0.2, -0.15) is 0 Å². The highest BCUT2D eigenvalue weighted by Gasteiger charge is 2.20. The number of halogens is 1. The molecule has 0 saturated carbocycles. The van der Waals surface area contributed by atoms with Gasteiger partial charge in [0, 0.05) is 18.1 Å². The van der Waals surface area contributed by atoms with Gasteiger partial charge >= 0.3 is 0 Å². The van der Waals surface area contributed by atoms with E-state index < -0.39 is 0 Å². The molecule has 0 fully saturated rings. The Bertz CT molecular complexity index is 967. The van der Waals surface area contributed by atoms with Gasteiger partial charge in [0.15, 0.2) is 5.13 Å². The molecule has 1 heterocycles. The average molecular weight is 402 g/mol. The number of anilines is 1. The van der Waals surface area contributed by atoms with E-state index >= 15 is 0 Å². The summed E-state index contributed by atoms with van der Waals surface area (Å²) in [7, 11) is 4.01. The average Bonchev–Trinajstić information content (AvgIpc) is 3.00. The lowest BCUT2D eigenvalue weighted by molar-refractivity contribution is -0.118. The summed E-state index contributed by atoms with van der Waals surface area (Å²) in [6.45, 7) is 5.53. The molecule has 0 N–H and O–H groups in total. The van der Waals surface area contributed by atoms with E-state index in [0.717, 1.165) is 27.5 Å². The molecule has 0 bridgehead atoms. The fraction of sp³-hybridized carbons (Fsp3) is 0.333. The predicted molar refractivity (Wildman–Crippen MR) is 115 cm³/mol. The first kappa shape index (κ1) is 19.8. The minimum atomic E-state index is 0.0604. The van der Waals surface area contributed by atoms with Crippen molar-refractivity contribution in [2.75, 3.05) is 32.1 Å². The number of aromatic nitrogens is 1. The Labute approximate surface area is 169 Å². The molecule has 4 nitrogen and oxygen atoms in total. The molecule has 142 valence electrons. The highest BCUT2D eigenvalue weighted by atomic mass is 35.5. The summed E-state index contributed by atoms with van der Waals surface area (Å²) >= 11 is 7.61. The van der Waals surface area contributed by atoms with Crippen molar-refractivity contribution in [3.8, 4) is 0 Å². The molecule has 27 heavy (non-hydrogen) atoms. The van der Waals surface area contributed by atoms with Crippen LogP contribution in [0.5, 0.6) is 0 Å². The molecule has 1 aromatic heterocycles. The van der Waals surface area contributed by atoms with Gasteiger partial charge in [0.1, 0.15) is 0 Å². The van der Waals surface area contributed by atoms with Gasteiger partial charge in [-0.05, 0) is 62.8 Å². The van der Waals surface area contributed by atoms with Gasteiger partial charge in [-0.1, -0.05) is 41.1 Å². The molecule has 0 atom stereocenters. The van der Waals surface area contributed by atoms with Crippen LogP contribution in [-0.4, -0.2) is 43.0 Å². The Balaban J connectivity index is 1.88. The van der Waals surface area contributed by atoms with Gasteiger partial charge in [-0.3, -0.25) is 9.69 Å². The maximum Gasteiger partial charge on any atom is 0.233 e. The number of rotatable bonds is 6. The van der Waals surface area contributed by atoms with Crippen molar-refractivity contribution in [1.82, 2.24) is 9.88 Å². The summed E-state index contributed by atoms with van der Waals surface area (Å²) in [5, 5.41) is 1.40. The summed E-state index contributed by atoms with van der Waals surface area (Å²) in [5.41, 5.74) is 4.34. The fourth-order valence-electron chi connectivity index (χ4n) is 2.81. The number of aryl methyl sites for hydroxylation is 2. The maximum absolute atomic E-state index is 13.1. The second kappa shape index (κ2) is 8.38. The molecule has 6 heteroatoms. The first-order valence-corrected chi connectivity index (χ1v) is 10.1. The van der Waals surface area contributed by atoms with Crippen molar-refractivity contribution in [1.29, 1.82) is 0 Å². The van der Waals surface area contributed by atoms with Crippen LogP contribution in [0, 0.1) is 13.8 Å². The van der Waals surface area contributed by atoms with Gasteiger partial charge in [0.25, 0.3) is 0 Å². The van der Waals surface area contributed by atoms with Crippen LogP contribution in [0.2, 0.25) is 5.02 Å². The number of amides is 1. The van der Waals surface area contributed by atoms with E-state index in [9.17, 15) is 4.79 Å². The third-order valence-electron chi connectivity index (χ3n) is 4.57. The summed E-state index contributed by atoms with van der Waals surface area (Å²) in [6, 6.07) is 11.8. The van der Waals surface area contributed by atoms with Crippen LogP contribution in [-0.2, 0) is 11.2 Å². The van der Waals surface area contributed by atoms with Gasteiger partial charge in [-0.25, -0.2) is 4.98 Å². The summed E-state index contributed by atoms with van der Waals surface area (Å²) in [6.07, 6.45) is 0.366. The molecule has 0 spiro atoms. The zero-order chi connectivity index (χ0) is 19.6. The lowest BCUT2D eigenvalue weighted by Crippen LogP contribution is -2.37. The lowest BCUT2D eigenvalue weighted by atomic mass is 10.0. The highest BCUT2D eigenvalue weighted by molar-refractivity contribution is 7.22. The van der Waals surface area contributed by atoms with Crippen LogP contribution >= 0.6 is 22.9 Å². The zero-order valence-electron chi connectivity index (χ0n) is 16.1. The van der Waals surface area contributed by atoms with E-state index in [0.29, 0.717) is 18.0 Å². The van der Waals surface area contributed by atoms with Crippen LogP contribution in [0.25, 0.3) is 10.2 Å². The topological polar surface area (TPSA) is 36.4 Å². The zero-order valence-corrected chi connectivity index (χ0v) is 17.7. The Hall–Kier alpha value is -1.95. The minimum Gasteiger partial charge on any atom is -0.308 e. The first-order chi connectivity index (χ1) is 12.8. The normalized spacial score (nSPS) is 11.3. The van der Waals surface area contributed by atoms with E-state index in [4.69, 9.17) is 11.6 Å².